The number of hydrogen-bond donors (Lipinski definition) is 1. The lowest BCUT2D eigenvalue weighted by atomic mass is 10.2. The van der Waals surface area contributed by atoms with Gasteiger partial charge in [-0.3, -0.25) is 9.36 Å². The van der Waals surface area contributed by atoms with E-state index < -0.39 is 0 Å². The zero-order chi connectivity index (χ0) is 16.5. The molecule has 0 saturated heterocycles. The number of rotatable bonds is 4. The van der Waals surface area contributed by atoms with Gasteiger partial charge in [-0.25, -0.2) is 19.4 Å². The number of amides is 1. The molecule has 8 heteroatoms. The molecule has 126 valence electrons. The van der Waals surface area contributed by atoms with Crippen LogP contribution in [-0.2, 0) is 24.3 Å². The van der Waals surface area contributed by atoms with Gasteiger partial charge in [0.2, 0.25) is 5.91 Å². The van der Waals surface area contributed by atoms with Crippen molar-refractivity contribution in [2.45, 2.75) is 57.5 Å². The Morgan fingerprint density at radius 1 is 1.21 bits per heavy atom. The number of nitrogens with one attached hydrogen (secondary N) is 1. The molecule has 1 amide bonds. The fraction of sp³-hybridized carbons (Fsp3) is 0.562. The Hall–Kier alpha value is -2.51. The van der Waals surface area contributed by atoms with Crippen LogP contribution in [0.2, 0.25) is 0 Å². The fourth-order valence-corrected chi connectivity index (χ4v) is 3.02. The number of fused-ring (bicyclic) bond motifs is 1. The number of carbonyl (C=O) groups is 1. The van der Waals surface area contributed by atoms with E-state index in [1.165, 1.54) is 4.68 Å². The van der Waals surface area contributed by atoms with Gasteiger partial charge >= 0.3 is 5.69 Å². The first-order valence-electron chi connectivity index (χ1n) is 8.49. The van der Waals surface area contributed by atoms with E-state index in [0.717, 1.165) is 50.2 Å². The van der Waals surface area contributed by atoms with Crippen molar-refractivity contribution in [3.8, 4) is 0 Å². The number of hydrogen-bond acceptors (Lipinski definition) is 5. The Kier molecular flexibility index (Phi) is 3.87. The van der Waals surface area contributed by atoms with E-state index in [9.17, 15) is 9.59 Å². The predicted octanol–water partition coefficient (Wildman–Crippen LogP) is 1.08. The molecule has 8 nitrogen and oxygen atoms in total. The number of aromatic nitrogens is 5. The van der Waals surface area contributed by atoms with E-state index >= 15 is 0 Å². The molecule has 4 rings (SSSR count). The Bertz CT molecular complexity index is 803. The molecule has 0 spiro atoms. The minimum Gasteiger partial charge on any atom is -0.322 e. The Balaban J connectivity index is 1.43. The lowest BCUT2D eigenvalue weighted by molar-refractivity contribution is -0.117. The third-order valence-corrected chi connectivity index (χ3v) is 4.47. The average molecular weight is 328 g/mol. The number of carbonyl (C=O) groups excluding carboxylic acids is 1. The first kappa shape index (κ1) is 15.0. The van der Waals surface area contributed by atoms with Gasteiger partial charge in [0.05, 0.1) is 18.1 Å². The average Bonchev–Trinajstić information content (AvgIpc) is 3.39. The summed E-state index contributed by atoms with van der Waals surface area (Å²) in [6.45, 7) is 0.593. The van der Waals surface area contributed by atoms with Crippen LogP contribution in [0.4, 0.5) is 5.69 Å². The Morgan fingerprint density at radius 3 is 2.75 bits per heavy atom. The van der Waals surface area contributed by atoms with Gasteiger partial charge in [0, 0.05) is 18.9 Å². The summed E-state index contributed by atoms with van der Waals surface area (Å²) in [5.41, 5.74) is 0.334. The summed E-state index contributed by atoms with van der Waals surface area (Å²) in [7, 11) is 0. The van der Waals surface area contributed by atoms with Gasteiger partial charge in [0.15, 0.2) is 0 Å². The van der Waals surface area contributed by atoms with Crippen molar-refractivity contribution in [3.05, 3.63) is 34.5 Å². The molecule has 0 radical (unpaired) electrons. The number of aryl methyl sites for hydroxylation is 1. The SMILES string of the molecule is O=C(Cn1nc2n(c1=O)CCCCC2)Nc1cnc(C2CC2)nc1. The van der Waals surface area contributed by atoms with E-state index in [0.29, 0.717) is 18.2 Å². The second-order valence-corrected chi connectivity index (χ2v) is 6.47. The third kappa shape index (κ3) is 3.08. The first-order chi connectivity index (χ1) is 11.7. The molecule has 24 heavy (non-hydrogen) atoms. The largest absolute Gasteiger partial charge is 0.346 e. The lowest BCUT2D eigenvalue weighted by Gasteiger charge is -2.05. The Morgan fingerprint density at radius 2 is 2.00 bits per heavy atom. The molecule has 1 aliphatic heterocycles. The molecular weight excluding hydrogens is 308 g/mol. The molecule has 1 fully saturated rings. The molecule has 2 aliphatic rings. The standard InChI is InChI=1S/C16H20N6O2/c23-14(19-12-8-17-15(18-9-12)11-5-6-11)10-22-16(24)21-7-3-1-2-4-13(21)20-22/h8-9,11H,1-7,10H2,(H,19,23). The summed E-state index contributed by atoms with van der Waals surface area (Å²) in [6.07, 6.45) is 9.43. The molecule has 1 aliphatic carbocycles. The van der Waals surface area contributed by atoms with Crippen LogP contribution in [0.25, 0.3) is 0 Å². The lowest BCUT2D eigenvalue weighted by Crippen LogP contribution is -2.30. The topological polar surface area (TPSA) is 94.7 Å². The van der Waals surface area contributed by atoms with Crippen molar-refractivity contribution in [1.29, 1.82) is 0 Å². The summed E-state index contributed by atoms with van der Waals surface area (Å²) < 4.78 is 2.93. The second kappa shape index (κ2) is 6.18. The van der Waals surface area contributed by atoms with Crippen molar-refractivity contribution in [2.75, 3.05) is 5.32 Å². The molecule has 2 aromatic rings. The summed E-state index contributed by atoms with van der Waals surface area (Å²) >= 11 is 0. The van der Waals surface area contributed by atoms with E-state index in [2.05, 4.69) is 20.4 Å². The van der Waals surface area contributed by atoms with Crippen LogP contribution in [0.3, 0.4) is 0 Å². The summed E-state index contributed by atoms with van der Waals surface area (Å²) in [5.74, 6) is 1.80. The van der Waals surface area contributed by atoms with Crippen LogP contribution in [0.15, 0.2) is 17.2 Å². The van der Waals surface area contributed by atoms with Crippen LogP contribution in [0.5, 0.6) is 0 Å². The van der Waals surface area contributed by atoms with Crippen molar-refractivity contribution >= 4 is 11.6 Å². The molecule has 1 saturated carbocycles. The summed E-state index contributed by atoms with van der Waals surface area (Å²) in [5, 5.41) is 7.04. The molecule has 3 heterocycles. The zero-order valence-electron chi connectivity index (χ0n) is 13.4. The minimum atomic E-state index is -0.298. The maximum atomic E-state index is 12.3. The molecule has 1 N–H and O–H groups in total. The quantitative estimate of drug-likeness (QED) is 0.906. The highest BCUT2D eigenvalue weighted by Gasteiger charge is 2.26. The highest BCUT2D eigenvalue weighted by molar-refractivity contribution is 5.90. The highest BCUT2D eigenvalue weighted by atomic mass is 16.2. The van der Waals surface area contributed by atoms with E-state index in [4.69, 9.17) is 0 Å². The molecule has 0 atom stereocenters. The van der Waals surface area contributed by atoms with Crippen LogP contribution < -0.4 is 11.0 Å². The highest BCUT2D eigenvalue weighted by Crippen LogP contribution is 2.37. The molecule has 0 bridgehead atoms. The van der Waals surface area contributed by atoms with Crippen LogP contribution in [0, 0.1) is 0 Å². The van der Waals surface area contributed by atoms with Crippen LogP contribution in [-0.4, -0.2) is 30.2 Å². The minimum absolute atomic E-state index is 0.0940. The monoisotopic (exact) mass is 328 g/mol. The molecular formula is C16H20N6O2. The van der Waals surface area contributed by atoms with Crippen molar-refractivity contribution in [1.82, 2.24) is 24.3 Å². The third-order valence-electron chi connectivity index (χ3n) is 4.47. The Labute approximate surface area is 138 Å². The van der Waals surface area contributed by atoms with Gasteiger partial charge in [-0.05, 0) is 25.7 Å². The molecule has 2 aromatic heterocycles. The predicted molar refractivity (Wildman–Crippen MR) is 86.7 cm³/mol. The fourth-order valence-electron chi connectivity index (χ4n) is 3.02. The van der Waals surface area contributed by atoms with Gasteiger partial charge in [-0.15, -0.1) is 0 Å². The van der Waals surface area contributed by atoms with Crippen LogP contribution >= 0.6 is 0 Å². The van der Waals surface area contributed by atoms with Gasteiger partial charge in [-0.2, -0.15) is 5.10 Å². The maximum absolute atomic E-state index is 12.3. The van der Waals surface area contributed by atoms with E-state index in [1.807, 2.05) is 0 Å². The van der Waals surface area contributed by atoms with E-state index in [1.54, 1.807) is 17.0 Å². The number of anilines is 1. The van der Waals surface area contributed by atoms with Gasteiger partial charge < -0.3 is 5.32 Å². The van der Waals surface area contributed by atoms with Gasteiger partial charge in [-0.1, -0.05) is 6.42 Å². The summed E-state index contributed by atoms with van der Waals surface area (Å²) in [4.78, 5) is 33.0. The van der Waals surface area contributed by atoms with E-state index in [-0.39, 0.29) is 18.1 Å². The van der Waals surface area contributed by atoms with Crippen LogP contribution in [0.1, 0.15) is 49.7 Å². The second-order valence-electron chi connectivity index (χ2n) is 6.47. The van der Waals surface area contributed by atoms with Crippen molar-refractivity contribution in [3.63, 3.8) is 0 Å². The van der Waals surface area contributed by atoms with Gasteiger partial charge in [0.25, 0.3) is 0 Å². The van der Waals surface area contributed by atoms with Crippen molar-refractivity contribution in [2.24, 2.45) is 0 Å². The van der Waals surface area contributed by atoms with Gasteiger partial charge in [0.1, 0.15) is 18.2 Å². The van der Waals surface area contributed by atoms with Crippen molar-refractivity contribution < 1.29 is 4.79 Å². The smallest absolute Gasteiger partial charge is 0.322 e. The maximum Gasteiger partial charge on any atom is 0.346 e. The molecule has 0 aromatic carbocycles. The zero-order valence-corrected chi connectivity index (χ0v) is 13.4. The summed E-state index contributed by atoms with van der Waals surface area (Å²) in [6, 6.07) is 0. The molecule has 0 unspecified atom stereocenters. The first-order valence-corrected chi connectivity index (χ1v) is 8.49. The number of nitrogens with zero attached hydrogens (tertiary/aromatic N) is 5. The normalized spacial score (nSPS) is 17.2.